The lowest BCUT2D eigenvalue weighted by molar-refractivity contribution is 0.154. The van der Waals surface area contributed by atoms with Gasteiger partial charge in [0.1, 0.15) is 0 Å². The Morgan fingerprint density at radius 2 is 1.79 bits per heavy atom. The van der Waals surface area contributed by atoms with Gasteiger partial charge in [0, 0.05) is 0 Å². The number of rotatable bonds is 6. The van der Waals surface area contributed by atoms with E-state index in [9.17, 15) is 0 Å². The van der Waals surface area contributed by atoms with Gasteiger partial charge in [0.05, 0.1) is 0 Å². The zero-order valence-corrected chi connectivity index (χ0v) is 10.9. The lowest BCUT2D eigenvalue weighted by Crippen LogP contribution is -2.26. The molecular formula is C14H28. The van der Waals surface area contributed by atoms with Gasteiger partial charge in [0.2, 0.25) is 0 Å². The molecule has 0 aliphatic rings. The third kappa shape index (κ3) is 3.86. The van der Waals surface area contributed by atoms with Crippen LogP contribution < -0.4 is 0 Å². The SMILES string of the molecule is CC=CC(C)CC(C)(CC)C(C)CC. The average molecular weight is 196 g/mol. The van der Waals surface area contributed by atoms with Crippen LogP contribution in [-0.2, 0) is 0 Å². The summed E-state index contributed by atoms with van der Waals surface area (Å²) < 4.78 is 0. The van der Waals surface area contributed by atoms with Crippen LogP contribution in [0.3, 0.4) is 0 Å². The topological polar surface area (TPSA) is 0 Å². The Balaban J connectivity index is 4.38. The van der Waals surface area contributed by atoms with Gasteiger partial charge in [-0.2, -0.15) is 0 Å². The summed E-state index contributed by atoms with van der Waals surface area (Å²) in [7, 11) is 0. The third-order valence-corrected chi connectivity index (χ3v) is 3.92. The van der Waals surface area contributed by atoms with Crippen LogP contribution >= 0.6 is 0 Å². The maximum absolute atomic E-state index is 2.45. The number of allylic oxidation sites excluding steroid dienone is 2. The summed E-state index contributed by atoms with van der Waals surface area (Å²) in [5, 5.41) is 0. The second-order valence-corrected chi connectivity index (χ2v) is 5.02. The number of hydrogen-bond acceptors (Lipinski definition) is 0. The summed E-state index contributed by atoms with van der Waals surface area (Å²) >= 11 is 0. The van der Waals surface area contributed by atoms with Crippen LogP contribution in [0.15, 0.2) is 12.2 Å². The van der Waals surface area contributed by atoms with Crippen molar-refractivity contribution in [3.63, 3.8) is 0 Å². The molecular weight excluding hydrogens is 168 g/mol. The van der Waals surface area contributed by atoms with Crippen molar-refractivity contribution in [1.82, 2.24) is 0 Å². The van der Waals surface area contributed by atoms with Crippen LogP contribution in [0.5, 0.6) is 0 Å². The Hall–Kier alpha value is -0.260. The molecule has 0 aromatic rings. The minimum atomic E-state index is 0.522. The van der Waals surface area contributed by atoms with Gasteiger partial charge in [-0.05, 0) is 30.6 Å². The highest BCUT2D eigenvalue weighted by Crippen LogP contribution is 2.39. The molecule has 0 aromatic carbocycles. The predicted octanol–water partition coefficient (Wildman–Crippen LogP) is 5.05. The number of hydrogen-bond donors (Lipinski definition) is 0. The minimum absolute atomic E-state index is 0.522. The first-order chi connectivity index (χ1) is 6.50. The standard InChI is InChI=1S/C14H28/c1-7-10-12(4)11-14(6,9-3)13(5)8-2/h7,10,12-13H,8-9,11H2,1-6H3. The van der Waals surface area contributed by atoms with Gasteiger partial charge < -0.3 is 0 Å². The van der Waals surface area contributed by atoms with Crippen LogP contribution in [0.4, 0.5) is 0 Å². The van der Waals surface area contributed by atoms with E-state index in [0.29, 0.717) is 5.41 Å². The Morgan fingerprint density at radius 3 is 2.14 bits per heavy atom. The normalized spacial score (nSPS) is 20.7. The first kappa shape index (κ1) is 13.7. The van der Waals surface area contributed by atoms with Gasteiger partial charge in [-0.1, -0.05) is 59.6 Å². The molecule has 14 heavy (non-hydrogen) atoms. The summed E-state index contributed by atoms with van der Waals surface area (Å²) in [5.74, 6) is 1.55. The lowest BCUT2D eigenvalue weighted by Gasteiger charge is -2.36. The first-order valence-corrected chi connectivity index (χ1v) is 6.13. The van der Waals surface area contributed by atoms with E-state index in [1.165, 1.54) is 19.3 Å². The van der Waals surface area contributed by atoms with Crippen molar-refractivity contribution in [3.8, 4) is 0 Å². The smallest absolute Gasteiger partial charge is 0.0257 e. The van der Waals surface area contributed by atoms with Gasteiger partial charge in [0.15, 0.2) is 0 Å². The van der Waals surface area contributed by atoms with E-state index < -0.39 is 0 Å². The highest BCUT2D eigenvalue weighted by Gasteiger charge is 2.28. The van der Waals surface area contributed by atoms with Gasteiger partial charge in [-0.3, -0.25) is 0 Å². The van der Waals surface area contributed by atoms with Crippen LogP contribution in [-0.4, -0.2) is 0 Å². The molecule has 0 bridgehead atoms. The molecule has 0 spiro atoms. The van der Waals surface area contributed by atoms with E-state index in [4.69, 9.17) is 0 Å². The van der Waals surface area contributed by atoms with Crippen molar-refractivity contribution in [2.75, 3.05) is 0 Å². The molecule has 0 N–H and O–H groups in total. The van der Waals surface area contributed by atoms with Crippen LogP contribution in [0.25, 0.3) is 0 Å². The van der Waals surface area contributed by atoms with Crippen molar-refractivity contribution < 1.29 is 0 Å². The molecule has 0 heterocycles. The highest BCUT2D eigenvalue weighted by molar-refractivity contribution is 4.89. The molecule has 0 saturated carbocycles. The largest absolute Gasteiger partial charge is 0.0914 e. The van der Waals surface area contributed by atoms with E-state index >= 15 is 0 Å². The maximum atomic E-state index is 2.45. The molecule has 0 amide bonds. The van der Waals surface area contributed by atoms with Crippen molar-refractivity contribution in [1.29, 1.82) is 0 Å². The highest BCUT2D eigenvalue weighted by atomic mass is 14.3. The molecule has 0 aromatic heterocycles. The van der Waals surface area contributed by atoms with Crippen molar-refractivity contribution >= 4 is 0 Å². The molecule has 0 aliphatic heterocycles. The Labute approximate surface area is 90.8 Å². The van der Waals surface area contributed by atoms with Crippen molar-refractivity contribution in [3.05, 3.63) is 12.2 Å². The Kier molecular flexibility index (Phi) is 6.15. The molecule has 0 saturated heterocycles. The zero-order valence-electron chi connectivity index (χ0n) is 10.9. The van der Waals surface area contributed by atoms with Gasteiger partial charge >= 0.3 is 0 Å². The summed E-state index contributed by atoms with van der Waals surface area (Å²) in [4.78, 5) is 0. The monoisotopic (exact) mass is 196 g/mol. The van der Waals surface area contributed by atoms with E-state index in [0.717, 1.165) is 11.8 Å². The Bertz CT molecular complexity index is 169. The maximum Gasteiger partial charge on any atom is -0.0257 e. The third-order valence-electron chi connectivity index (χ3n) is 3.92. The fourth-order valence-electron chi connectivity index (χ4n) is 2.32. The molecule has 3 unspecified atom stereocenters. The quantitative estimate of drug-likeness (QED) is 0.521. The van der Waals surface area contributed by atoms with Gasteiger partial charge in [-0.15, -0.1) is 0 Å². The second-order valence-electron chi connectivity index (χ2n) is 5.02. The molecule has 0 heteroatoms. The fourth-order valence-corrected chi connectivity index (χ4v) is 2.32. The summed E-state index contributed by atoms with van der Waals surface area (Å²) in [6, 6.07) is 0. The zero-order chi connectivity index (χ0) is 11.2. The fraction of sp³-hybridized carbons (Fsp3) is 0.857. The molecule has 0 nitrogen and oxygen atoms in total. The molecule has 0 aliphatic carbocycles. The van der Waals surface area contributed by atoms with Crippen molar-refractivity contribution in [2.24, 2.45) is 17.3 Å². The van der Waals surface area contributed by atoms with E-state index in [1.54, 1.807) is 0 Å². The van der Waals surface area contributed by atoms with E-state index in [2.05, 4.69) is 53.7 Å². The second kappa shape index (κ2) is 6.27. The first-order valence-electron chi connectivity index (χ1n) is 6.13. The molecule has 0 fully saturated rings. The molecule has 3 atom stereocenters. The molecule has 84 valence electrons. The summed E-state index contributed by atoms with van der Waals surface area (Å²) in [6.07, 6.45) is 8.42. The minimum Gasteiger partial charge on any atom is -0.0914 e. The van der Waals surface area contributed by atoms with Crippen LogP contribution in [0, 0.1) is 17.3 Å². The van der Waals surface area contributed by atoms with Gasteiger partial charge in [0.25, 0.3) is 0 Å². The lowest BCUT2D eigenvalue weighted by atomic mass is 9.69. The Morgan fingerprint density at radius 1 is 1.21 bits per heavy atom. The van der Waals surface area contributed by atoms with Crippen LogP contribution in [0.1, 0.15) is 60.8 Å². The van der Waals surface area contributed by atoms with E-state index in [-0.39, 0.29) is 0 Å². The van der Waals surface area contributed by atoms with E-state index in [1.807, 2.05) is 0 Å². The van der Waals surface area contributed by atoms with Crippen LogP contribution in [0.2, 0.25) is 0 Å². The molecule has 0 radical (unpaired) electrons. The summed E-state index contributed by atoms with van der Waals surface area (Å²) in [5.41, 5.74) is 0.522. The summed E-state index contributed by atoms with van der Waals surface area (Å²) in [6.45, 7) is 13.9. The van der Waals surface area contributed by atoms with Gasteiger partial charge in [-0.25, -0.2) is 0 Å². The van der Waals surface area contributed by atoms with Crippen molar-refractivity contribution in [2.45, 2.75) is 60.8 Å². The molecule has 0 rings (SSSR count). The predicted molar refractivity (Wildman–Crippen MR) is 66.4 cm³/mol. The average Bonchev–Trinajstić information content (AvgIpc) is 2.16.